The van der Waals surface area contributed by atoms with Crippen molar-refractivity contribution in [1.82, 2.24) is 4.90 Å². The minimum atomic E-state index is -0.821. The summed E-state index contributed by atoms with van der Waals surface area (Å²) in [5.74, 6) is 0.653. The summed E-state index contributed by atoms with van der Waals surface area (Å²) in [5.41, 5.74) is 2.21. The Balaban J connectivity index is 1.91. The Kier molecular flexibility index (Phi) is 6.41. The molecule has 1 saturated carbocycles. The molecule has 0 aliphatic heterocycles. The molecule has 3 nitrogen and oxygen atoms in total. The van der Waals surface area contributed by atoms with Gasteiger partial charge in [-0.15, -0.1) is 0 Å². The Morgan fingerprint density at radius 1 is 1.14 bits per heavy atom. The van der Waals surface area contributed by atoms with E-state index >= 15 is 0 Å². The minimum absolute atomic E-state index is 0.175. The van der Waals surface area contributed by atoms with Crippen LogP contribution in [0, 0.1) is 0 Å². The summed E-state index contributed by atoms with van der Waals surface area (Å²) in [4.78, 5) is 15.1. The lowest BCUT2D eigenvalue weighted by Crippen LogP contribution is -2.55. The number of benzene rings is 2. The van der Waals surface area contributed by atoms with E-state index in [9.17, 15) is 4.79 Å². The fourth-order valence-corrected chi connectivity index (χ4v) is 4.53. The average Bonchev–Trinajstić information content (AvgIpc) is 2.69. The van der Waals surface area contributed by atoms with Crippen molar-refractivity contribution in [3.63, 3.8) is 0 Å². The molecule has 0 radical (unpaired) electrons. The van der Waals surface area contributed by atoms with Crippen LogP contribution in [-0.4, -0.2) is 22.8 Å². The number of rotatable bonds is 4. The van der Waals surface area contributed by atoms with Crippen LogP contribution in [0.25, 0.3) is 0 Å². The van der Waals surface area contributed by atoms with Crippen molar-refractivity contribution in [2.75, 3.05) is 12.4 Å². The smallest absolute Gasteiger partial charge is 0.174 e. The van der Waals surface area contributed by atoms with Crippen LogP contribution in [-0.2, 0) is 10.3 Å². The maximum Gasteiger partial charge on any atom is 0.174 e. The highest BCUT2D eigenvalue weighted by atomic mass is 35.5. The number of likely N-dealkylation sites (N-methyl/N-ethyl adjacent to an activating group) is 1. The predicted octanol–water partition coefficient (Wildman–Crippen LogP) is 6.13. The summed E-state index contributed by atoms with van der Waals surface area (Å²) in [6, 6.07) is 15.9. The van der Waals surface area contributed by atoms with E-state index < -0.39 is 5.54 Å². The highest BCUT2D eigenvalue weighted by Crippen LogP contribution is 2.42. The molecule has 0 bridgehead atoms. The normalized spacial score (nSPS) is 19.5. The van der Waals surface area contributed by atoms with E-state index in [-0.39, 0.29) is 5.78 Å². The fourth-order valence-electron chi connectivity index (χ4n) is 3.96. The Hall–Kier alpha value is -1.91. The second-order valence-corrected chi connectivity index (χ2v) is 8.53. The van der Waals surface area contributed by atoms with E-state index in [1.807, 2.05) is 48.3 Å². The SMILES string of the molecule is CC(C)c1ccc(NC(=S)N(C)[C@@]2(c3ccccc3Cl)CCCCC2=O)cc1. The Morgan fingerprint density at radius 2 is 1.82 bits per heavy atom. The maximum absolute atomic E-state index is 13.2. The lowest BCUT2D eigenvalue weighted by Gasteiger charge is -2.45. The van der Waals surface area contributed by atoms with Crippen LogP contribution >= 0.6 is 23.8 Å². The van der Waals surface area contributed by atoms with Crippen LogP contribution in [0.5, 0.6) is 0 Å². The maximum atomic E-state index is 13.2. The van der Waals surface area contributed by atoms with Crippen molar-refractivity contribution >= 4 is 40.4 Å². The number of Topliss-reactive ketones (excluding diaryl/α,β-unsaturated/α-hetero) is 1. The largest absolute Gasteiger partial charge is 0.335 e. The van der Waals surface area contributed by atoms with E-state index in [2.05, 4.69) is 31.3 Å². The van der Waals surface area contributed by atoms with Gasteiger partial charge in [-0.1, -0.05) is 55.8 Å². The summed E-state index contributed by atoms with van der Waals surface area (Å²) in [5, 5.41) is 4.43. The molecule has 3 rings (SSSR count). The predicted molar refractivity (Wildman–Crippen MR) is 121 cm³/mol. The van der Waals surface area contributed by atoms with Crippen molar-refractivity contribution in [3.05, 3.63) is 64.7 Å². The van der Waals surface area contributed by atoms with E-state index in [0.717, 1.165) is 24.1 Å². The molecule has 1 N–H and O–H groups in total. The zero-order chi connectivity index (χ0) is 20.3. The first-order chi connectivity index (χ1) is 13.4. The second kappa shape index (κ2) is 8.62. The number of hydrogen-bond acceptors (Lipinski definition) is 2. The van der Waals surface area contributed by atoms with Gasteiger partial charge in [-0.05, 0) is 61.2 Å². The molecule has 0 amide bonds. The number of carbonyl (C=O) groups excluding carboxylic acids is 1. The Labute approximate surface area is 178 Å². The van der Waals surface area contributed by atoms with Crippen molar-refractivity contribution in [2.24, 2.45) is 0 Å². The molecule has 1 aliphatic rings. The van der Waals surface area contributed by atoms with Gasteiger partial charge in [0.05, 0.1) is 0 Å². The standard InChI is InChI=1S/C23H27ClN2OS/c1-16(2)17-11-13-18(14-12-17)25-22(28)26(3)23(15-7-6-10-21(23)27)19-8-4-5-9-20(19)24/h4-5,8-9,11-14,16H,6-7,10,15H2,1-3H3,(H,25,28)/t23-/m1/s1. The van der Waals surface area contributed by atoms with Crippen LogP contribution in [0.3, 0.4) is 0 Å². The van der Waals surface area contributed by atoms with Crippen LogP contribution in [0.1, 0.15) is 56.6 Å². The van der Waals surface area contributed by atoms with Gasteiger partial charge in [0.2, 0.25) is 0 Å². The topological polar surface area (TPSA) is 32.3 Å². The number of ketones is 1. The number of halogens is 1. The van der Waals surface area contributed by atoms with Gasteiger partial charge >= 0.3 is 0 Å². The van der Waals surface area contributed by atoms with E-state index in [0.29, 0.717) is 28.9 Å². The third kappa shape index (κ3) is 3.94. The molecule has 5 heteroatoms. The lowest BCUT2D eigenvalue weighted by molar-refractivity contribution is -0.131. The monoisotopic (exact) mass is 414 g/mol. The third-order valence-corrected chi connectivity index (χ3v) is 6.38. The summed E-state index contributed by atoms with van der Waals surface area (Å²) in [7, 11) is 1.89. The average molecular weight is 415 g/mol. The van der Waals surface area contributed by atoms with Crippen LogP contribution in [0.15, 0.2) is 48.5 Å². The number of hydrogen-bond donors (Lipinski definition) is 1. The van der Waals surface area contributed by atoms with E-state index in [1.165, 1.54) is 5.56 Å². The van der Waals surface area contributed by atoms with Gasteiger partial charge in [0, 0.05) is 29.7 Å². The van der Waals surface area contributed by atoms with Gasteiger partial charge in [0.1, 0.15) is 5.54 Å². The highest BCUT2D eigenvalue weighted by molar-refractivity contribution is 7.80. The molecule has 1 aliphatic carbocycles. The van der Waals surface area contributed by atoms with Gasteiger partial charge in [-0.25, -0.2) is 0 Å². The van der Waals surface area contributed by atoms with Crippen LogP contribution < -0.4 is 5.32 Å². The number of thiocarbonyl (C=S) groups is 1. The number of nitrogens with zero attached hydrogens (tertiary/aromatic N) is 1. The molecule has 0 aromatic heterocycles. The van der Waals surface area contributed by atoms with E-state index in [4.69, 9.17) is 23.8 Å². The minimum Gasteiger partial charge on any atom is -0.335 e. The second-order valence-electron chi connectivity index (χ2n) is 7.74. The Bertz CT molecular complexity index is 865. The summed E-state index contributed by atoms with van der Waals surface area (Å²) in [6.45, 7) is 4.34. The molecule has 0 saturated heterocycles. The first-order valence-corrected chi connectivity index (χ1v) is 10.6. The molecule has 28 heavy (non-hydrogen) atoms. The van der Waals surface area contributed by atoms with Gasteiger partial charge < -0.3 is 10.2 Å². The van der Waals surface area contributed by atoms with Gasteiger partial charge in [0.25, 0.3) is 0 Å². The van der Waals surface area contributed by atoms with Gasteiger partial charge in [0.15, 0.2) is 10.9 Å². The molecule has 1 fully saturated rings. The molecule has 0 heterocycles. The first kappa shape index (κ1) is 20.8. The van der Waals surface area contributed by atoms with Crippen molar-refractivity contribution < 1.29 is 4.79 Å². The quantitative estimate of drug-likeness (QED) is 0.610. The zero-order valence-electron chi connectivity index (χ0n) is 16.7. The third-order valence-electron chi connectivity index (χ3n) is 5.68. The van der Waals surface area contributed by atoms with Gasteiger partial charge in [-0.3, -0.25) is 4.79 Å². The fraction of sp³-hybridized carbons (Fsp3) is 0.391. The molecule has 0 spiro atoms. The van der Waals surface area contributed by atoms with Crippen molar-refractivity contribution in [1.29, 1.82) is 0 Å². The highest BCUT2D eigenvalue weighted by Gasteiger charge is 2.47. The first-order valence-electron chi connectivity index (χ1n) is 9.79. The molecule has 1 atom stereocenters. The molecule has 2 aromatic carbocycles. The number of anilines is 1. The van der Waals surface area contributed by atoms with Gasteiger partial charge in [-0.2, -0.15) is 0 Å². The molecule has 2 aromatic rings. The Morgan fingerprint density at radius 3 is 2.43 bits per heavy atom. The van der Waals surface area contributed by atoms with Crippen molar-refractivity contribution in [2.45, 2.75) is 51.0 Å². The van der Waals surface area contributed by atoms with Crippen LogP contribution in [0.2, 0.25) is 5.02 Å². The molecule has 0 unspecified atom stereocenters. The molecular weight excluding hydrogens is 388 g/mol. The summed E-state index contributed by atoms with van der Waals surface area (Å²) >= 11 is 12.2. The number of nitrogens with one attached hydrogen (secondary N) is 1. The molecule has 148 valence electrons. The van der Waals surface area contributed by atoms with Crippen molar-refractivity contribution in [3.8, 4) is 0 Å². The molecular formula is C23H27ClN2OS. The summed E-state index contributed by atoms with van der Waals surface area (Å²) in [6.07, 6.45) is 3.13. The zero-order valence-corrected chi connectivity index (χ0v) is 18.2. The van der Waals surface area contributed by atoms with E-state index in [1.54, 1.807) is 0 Å². The lowest BCUT2D eigenvalue weighted by atomic mass is 9.74. The summed E-state index contributed by atoms with van der Waals surface area (Å²) < 4.78 is 0. The number of carbonyl (C=O) groups is 1. The van der Waals surface area contributed by atoms with Crippen LogP contribution in [0.4, 0.5) is 5.69 Å².